The fourth-order valence-corrected chi connectivity index (χ4v) is 3.45. The van der Waals surface area contributed by atoms with Gasteiger partial charge in [0.15, 0.2) is 0 Å². The van der Waals surface area contributed by atoms with Gasteiger partial charge in [-0.1, -0.05) is 17.9 Å². The number of rotatable bonds is 2. The predicted octanol–water partition coefficient (Wildman–Crippen LogP) is 3.78. The van der Waals surface area contributed by atoms with Gasteiger partial charge in [-0.25, -0.2) is 4.39 Å². The molecule has 0 amide bonds. The van der Waals surface area contributed by atoms with Gasteiger partial charge in [0.05, 0.1) is 6.04 Å². The molecule has 0 saturated carbocycles. The molecule has 0 bridgehead atoms. The van der Waals surface area contributed by atoms with E-state index in [-0.39, 0.29) is 23.3 Å². The van der Waals surface area contributed by atoms with Crippen LogP contribution in [0, 0.1) is 17.7 Å². The lowest BCUT2D eigenvalue weighted by atomic mass is 9.78. The van der Waals surface area contributed by atoms with Gasteiger partial charge in [-0.15, -0.1) is 0 Å². The number of likely N-dealkylation sites (tertiary alicyclic amines) is 1. The van der Waals surface area contributed by atoms with E-state index in [9.17, 15) is 9.18 Å². The Bertz CT molecular complexity index is 848. The first kappa shape index (κ1) is 18.3. The Morgan fingerprint density at radius 3 is 2.65 bits per heavy atom. The minimum absolute atomic E-state index is 0.0124. The first-order chi connectivity index (χ1) is 12.4. The van der Waals surface area contributed by atoms with Crippen LogP contribution in [0.15, 0.2) is 42.6 Å². The lowest BCUT2D eigenvalue weighted by Gasteiger charge is -2.47. The van der Waals surface area contributed by atoms with Crippen LogP contribution in [0.4, 0.5) is 4.39 Å². The molecule has 1 aromatic carbocycles. The van der Waals surface area contributed by atoms with Crippen molar-refractivity contribution in [3.05, 3.63) is 65.2 Å². The van der Waals surface area contributed by atoms with Crippen LogP contribution in [0.1, 0.15) is 49.4 Å². The number of piperidine rings is 1. The van der Waals surface area contributed by atoms with Crippen LogP contribution in [0.2, 0.25) is 0 Å². The lowest BCUT2D eigenvalue weighted by molar-refractivity contribution is -0.116. The van der Waals surface area contributed by atoms with E-state index in [2.05, 4.69) is 35.6 Å². The van der Waals surface area contributed by atoms with Crippen LogP contribution in [0.3, 0.4) is 0 Å². The highest BCUT2D eigenvalue weighted by molar-refractivity contribution is 5.60. The summed E-state index contributed by atoms with van der Waals surface area (Å²) >= 11 is 0. The van der Waals surface area contributed by atoms with Gasteiger partial charge in [-0.3, -0.25) is 9.88 Å². The molecular formula is C22H23FN2O. The maximum absolute atomic E-state index is 13.2. The number of halogens is 1. The van der Waals surface area contributed by atoms with Gasteiger partial charge in [0.2, 0.25) is 0 Å². The summed E-state index contributed by atoms with van der Waals surface area (Å²) in [5.41, 5.74) is 2.33. The summed E-state index contributed by atoms with van der Waals surface area (Å²) in [5, 5.41) is 0. The van der Waals surface area contributed by atoms with Crippen LogP contribution in [0.5, 0.6) is 0 Å². The number of carbonyl (C=O) groups excluding carboxylic acids is 1. The van der Waals surface area contributed by atoms with Crippen molar-refractivity contribution in [2.45, 2.75) is 44.2 Å². The van der Waals surface area contributed by atoms with E-state index < -0.39 is 0 Å². The zero-order valence-electron chi connectivity index (χ0n) is 15.4. The molecule has 1 fully saturated rings. The molecule has 1 aliphatic heterocycles. The number of likely N-dealkylation sites (N-methyl/N-ethyl adjacent to an activating group) is 1. The molecule has 3 nitrogen and oxygen atoms in total. The normalized spacial score (nSPS) is 22.3. The van der Waals surface area contributed by atoms with Crippen LogP contribution in [-0.2, 0) is 4.79 Å². The minimum atomic E-state index is -0.297. The van der Waals surface area contributed by atoms with Crippen molar-refractivity contribution < 1.29 is 9.18 Å². The standard InChI is InChI=1S/C22H23FN2O/c1-22(2)12-11-19(21(15-26)25(22)3)20-10-9-17(14-24-20)8-7-16-5-4-6-18(23)13-16/h4-6,9-10,13-15,19,21H,11-12H2,1-3H3. The number of aromatic nitrogens is 1. The molecule has 2 heterocycles. The number of benzene rings is 1. The maximum Gasteiger partial charge on any atom is 0.137 e. The lowest BCUT2D eigenvalue weighted by Crippen LogP contribution is -2.54. The summed E-state index contributed by atoms with van der Waals surface area (Å²) < 4.78 is 13.2. The molecule has 0 spiro atoms. The number of aldehydes is 1. The second-order valence-electron chi connectivity index (χ2n) is 7.43. The summed E-state index contributed by atoms with van der Waals surface area (Å²) in [6.07, 6.45) is 4.71. The highest BCUT2D eigenvalue weighted by Crippen LogP contribution is 2.38. The first-order valence-corrected chi connectivity index (χ1v) is 8.82. The van der Waals surface area contributed by atoms with Crippen molar-refractivity contribution in [2.75, 3.05) is 7.05 Å². The van der Waals surface area contributed by atoms with Crippen molar-refractivity contribution in [2.24, 2.45) is 0 Å². The fraction of sp³-hybridized carbons (Fsp3) is 0.364. The van der Waals surface area contributed by atoms with Gasteiger partial charge in [-0.2, -0.15) is 0 Å². The molecule has 1 aromatic heterocycles. The molecule has 2 aromatic rings. The third-order valence-electron chi connectivity index (χ3n) is 5.36. The third kappa shape index (κ3) is 3.84. The van der Waals surface area contributed by atoms with Gasteiger partial charge < -0.3 is 4.79 Å². The Balaban J connectivity index is 1.79. The number of hydrogen-bond donors (Lipinski definition) is 0. The van der Waals surface area contributed by atoms with Crippen molar-refractivity contribution in [3.8, 4) is 11.8 Å². The molecular weight excluding hydrogens is 327 g/mol. The Labute approximate surface area is 154 Å². The highest BCUT2D eigenvalue weighted by atomic mass is 19.1. The molecule has 2 unspecified atom stereocenters. The van der Waals surface area contributed by atoms with Crippen LogP contribution < -0.4 is 0 Å². The topological polar surface area (TPSA) is 33.2 Å². The summed E-state index contributed by atoms with van der Waals surface area (Å²) in [7, 11) is 2.00. The Morgan fingerprint density at radius 1 is 1.23 bits per heavy atom. The van der Waals surface area contributed by atoms with E-state index in [0.29, 0.717) is 5.56 Å². The average Bonchev–Trinajstić information content (AvgIpc) is 2.63. The SMILES string of the molecule is CN1C(C=O)C(c2ccc(C#Cc3cccc(F)c3)cn2)CCC1(C)C. The molecule has 0 aliphatic carbocycles. The highest BCUT2D eigenvalue weighted by Gasteiger charge is 2.40. The summed E-state index contributed by atoms with van der Waals surface area (Å²) in [5.74, 6) is 5.75. The van der Waals surface area contributed by atoms with E-state index in [1.165, 1.54) is 12.1 Å². The Hall–Kier alpha value is -2.51. The van der Waals surface area contributed by atoms with Crippen molar-refractivity contribution >= 4 is 6.29 Å². The number of hydrogen-bond acceptors (Lipinski definition) is 3. The summed E-state index contributed by atoms with van der Waals surface area (Å²) in [6.45, 7) is 4.33. The van der Waals surface area contributed by atoms with Crippen molar-refractivity contribution in [1.82, 2.24) is 9.88 Å². The van der Waals surface area contributed by atoms with Crippen molar-refractivity contribution in [3.63, 3.8) is 0 Å². The van der Waals surface area contributed by atoms with Gasteiger partial charge in [-0.05, 0) is 64.1 Å². The average molecular weight is 350 g/mol. The van der Waals surface area contributed by atoms with Crippen molar-refractivity contribution in [1.29, 1.82) is 0 Å². The molecule has 0 N–H and O–H groups in total. The van der Waals surface area contributed by atoms with Gasteiger partial charge in [0.1, 0.15) is 12.1 Å². The zero-order valence-corrected chi connectivity index (χ0v) is 15.4. The van der Waals surface area contributed by atoms with E-state index >= 15 is 0 Å². The predicted molar refractivity (Wildman–Crippen MR) is 100 cm³/mol. The molecule has 134 valence electrons. The number of nitrogens with zero attached hydrogens (tertiary/aromatic N) is 2. The molecule has 4 heteroatoms. The Morgan fingerprint density at radius 2 is 2.00 bits per heavy atom. The molecule has 0 radical (unpaired) electrons. The molecule has 1 saturated heterocycles. The van der Waals surface area contributed by atoms with E-state index in [1.807, 2.05) is 19.2 Å². The van der Waals surface area contributed by atoms with Crippen LogP contribution >= 0.6 is 0 Å². The minimum Gasteiger partial charge on any atom is -0.302 e. The quantitative estimate of drug-likeness (QED) is 0.610. The Kier molecular flexibility index (Phi) is 5.20. The third-order valence-corrected chi connectivity index (χ3v) is 5.36. The van der Waals surface area contributed by atoms with E-state index in [4.69, 9.17) is 0 Å². The van der Waals surface area contributed by atoms with Gasteiger partial charge in [0.25, 0.3) is 0 Å². The molecule has 26 heavy (non-hydrogen) atoms. The largest absolute Gasteiger partial charge is 0.302 e. The van der Waals surface area contributed by atoms with E-state index in [1.54, 1.807) is 18.3 Å². The summed E-state index contributed by atoms with van der Waals surface area (Å²) in [6, 6.07) is 9.90. The van der Waals surface area contributed by atoms with Crippen LogP contribution in [-0.4, -0.2) is 34.8 Å². The second-order valence-corrected chi connectivity index (χ2v) is 7.43. The van der Waals surface area contributed by atoms with Gasteiger partial charge >= 0.3 is 0 Å². The smallest absolute Gasteiger partial charge is 0.137 e. The monoisotopic (exact) mass is 350 g/mol. The second kappa shape index (κ2) is 7.39. The first-order valence-electron chi connectivity index (χ1n) is 8.82. The molecule has 3 rings (SSSR count). The molecule has 2 atom stereocenters. The number of carbonyl (C=O) groups is 1. The van der Waals surface area contributed by atoms with Crippen LogP contribution in [0.25, 0.3) is 0 Å². The number of pyridine rings is 1. The zero-order chi connectivity index (χ0) is 18.7. The fourth-order valence-electron chi connectivity index (χ4n) is 3.45. The van der Waals surface area contributed by atoms with E-state index in [0.717, 1.165) is 30.4 Å². The molecule has 1 aliphatic rings. The van der Waals surface area contributed by atoms with Gasteiger partial charge in [0, 0.05) is 34.5 Å². The summed E-state index contributed by atoms with van der Waals surface area (Å²) in [4.78, 5) is 18.4. The maximum atomic E-state index is 13.2.